The molecule has 26 heavy (non-hydrogen) atoms. The Balaban J connectivity index is 1.73. The number of ether oxygens (including phenoxy) is 1. The van der Waals surface area contributed by atoms with Crippen LogP contribution in [0.3, 0.4) is 0 Å². The van der Waals surface area contributed by atoms with Crippen LogP contribution in [-0.4, -0.2) is 21.0 Å². The Kier molecular flexibility index (Phi) is 5.29. The van der Waals surface area contributed by atoms with Crippen LogP contribution < -0.4 is 0 Å². The lowest BCUT2D eigenvalue weighted by atomic mass is 10.2. The van der Waals surface area contributed by atoms with E-state index in [0.717, 1.165) is 10.5 Å². The van der Waals surface area contributed by atoms with Gasteiger partial charge in [-0.3, -0.25) is 10.1 Å². The van der Waals surface area contributed by atoms with Crippen molar-refractivity contribution in [3.8, 4) is 11.4 Å². The molecular formula is C16H9BrClN3O5. The third kappa shape index (κ3) is 4.06. The zero-order valence-electron chi connectivity index (χ0n) is 12.9. The van der Waals surface area contributed by atoms with Crippen molar-refractivity contribution in [2.75, 3.05) is 0 Å². The number of nitro benzene ring substituents is 1. The highest BCUT2D eigenvalue weighted by atomic mass is 79.9. The highest BCUT2D eigenvalue weighted by Gasteiger charge is 2.22. The summed E-state index contributed by atoms with van der Waals surface area (Å²) in [6.45, 7) is -0.330. The summed E-state index contributed by atoms with van der Waals surface area (Å²) in [5, 5.41) is 15.0. The Labute approximate surface area is 160 Å². The number of aromatic nitrogens is 2. The summed E-state index contributed by atoms with van der Waals surface area (Å²) in [6.07, 6.45) is 0. The zero-order chi connectivity index (χ0) is 18.7. The highest BCUT2D eigenvalue weighted by molar-refractivity contribution is 9.10. The number of carbonyl (C=O) groups is 1. The Hall–Kier alpha value is -2.78. The van der Waals surface area contributed by atoms with Gasteiger partial charge >= 0.3 is 5.97 Å². The molecule has 1 heterocycles. The molecule has 0 saturated heterocycles. The van der Waals surface area contributed by atoms with Crippen LogP contribution in [0.25, 0.3) is 11.4 Å². The van der Waals surface area contributed by atoms with E-state index >= 15 is 0 Å². The molecule has 10 heteroatoms. The normalized spacial score (nSPS) is 10.5. The van der Waals surface area contributed by atoms with E-state index in [1.165, 1.54) is 12.1 Å². The summed E-state index contributed by atoms with van der Waals surface area (Å²) in [7, 11) is 0. The summed E-state index contributed by atoms with van der Waals surface area (Å²) in [5.41, 5.74) is 0.0557. The Morgan fingerprint density at radius 3 is 2.85 bits per heavy atom. The molecule has 0 unspecified atom stereocenters. The van der Waals surface area contributed by atoms with E-state index in [2.05, 4.69) is 26.1 Å². The number of nitro groups is 1. The molecule has 0 radical (unpaired) electrons. The number of halogens is 2. The van der Waals surface area contributed by atoms with Gasteiger partial charge in [0.2, 0.25) is 5.82 Å². The van der Waals surface area contributed by atoms with Crippen LogP contribution in [0.15, 0.2) is 51.5 Å². The van der Waals surface area contributed by atoms with Gasteiger partial charge in [0, 0.05) is 21.1 Å². The average Bonchev–Trinajstić information content (AvgIpc) is 3.08. The lowest BCUT2D eigenvalue weighted by Gasteiger charge is -2.03. The van der Waals surface area contributed by atoms with E-state index in [1.807, 2.05) is 12.1 Å². The fraction of sp³-hybridized carbons (Fsp3) is 0.0625. The summed E-state index contributed by atoms with van der Waals surface area (Å²) in [6, 6.07) is 10.9. The monoisotopic (exact) mass is 437 g/mol. The second-order valence-corrected chi connectivity index (χ2v) is 6.37. The predicted molar refractivity (Wildman–Crippen MR) is 94.7 cm³/mol. The average molecular weight is 439 g/mol. The van der Waals surface area contributed by atoms with Crippen molar-refractivity contribution in [1.82, 2.24) is 10.1 Å². The van der Waals surface area contributed by atoms with Gasteiger partial charge in [-0.15, -0.1) is 0 Å². The summed E-state index contributed by atoms with van der Waals surface area (Å²) < 4.78 is 10.9. The molecule has 2 aromatic carbocycles. The lowest BCUT2D eigenvalue weighted by molar-refractivity contribution is -0.385. The van der Waals surface area contributed by atoms with Crippen molar-refractivity contribution < 1.29 is 19.0 Å². The summed E-state index contributed by atoms with van der Waals surface area (Å²) >= 11 is 9.14. The number of rotatable bonds is 5. The van der Waals surface area contributed by atoms with Crippen molar-refractivity contribution >= 4 is 39.2 Å². The maximum Gasteiger partial charge on any atom is 0.345 e. The molecule has 0 aliphatic heterocycles. The van der Waals surface area contributed by atoms with Gasteiger partial charge in [-0.1, -0.05) is 44.8 Å². The Morgan fingerprint density at radius 1 is 1.31 bits per heavy atom. The topological polar surface area (TPSA) is 108 Å². The van der Waals surface area contributed by atoms with Crippen LogP contribution in [0.2, 0.25) is 5.02 Å². The van der Waals surface area contributed by atoms with E-state index in [-0.39, 0.29) is 23.1 Å². The highest BCUT2D eigenvalue weighted by Crippen LogP contribution is 2.24. The van der Waals surface area contributed by atoms with Crippen molar-refractivity contribution in [3.63, 3.8) is 0 Å². The molecule has 3 aromatic rings. The molecule has 0 aliphatic carbocycles. The number of hydrogen-bond acceptors (Lipinski definition) is 7. The molecule has 0 aliphatic rings. The predicted octanol–water partition coefficient (Wildman–Crippen LogP) is 4.42. The number of esters is 1. The van der Waals surface area contributed by atoms with E-state index in [4.69, 9.17) is 20.9 Å². The molecule has 0 N–H and O–H groups in total. The minimum absolute atomic E-state index is 0.0537. The van der Waals surface area contributed by atoms with Gasteiger partial charge in [0.05, 0.1) is 4.92 Å². The third-order valence-corrected chi connectivity index (χ3v) is 3.98. The minimum Gasteiger partial charge on any atom is -0.452 e. The molecular weight excluding hydrogens is 430 g/mol. The van der Waals surface area contributed by atoms with Crippen molar-refractivity contribution in [2.24, 2.45) is 0 Å². The van der Waals surface area contributed by atoms with Crippen LogP contribution in [0.5, 0.6) is 0 Å². The molecule has 0 saturated carbocycles. The smallest absolute Gasteiger partial charge is 0.345 e. The van der Waals surface area contributed by atoms with Crippen LogP contribution in [0.4, 0.5) is 5.69 Å². The van der Waals surface area contributed by atoms with Gasteiger partial charge < -0.3 is 9.26 Å². The third-order valence-electron chi connectivity index (χ3n) is 3.25. The fourth-order valence-corrected chi connectivity index (χ4v) is 2.67. The number of benzene rings is 2. The van der Waals surface area contributed by atoms with Gasteiger partial charge in [-0.2, -0.15) is 4.98 Å². The maximum atomic E-state index is 12.1. The number of nitrogens with zero attached hydrogens (tertiary/aromatic N) is 3. The van der Waals surface area contributed by atoms with Crippen LogP contribution in [0.1, 0.15) is 16.2 Å². The summed E-state index contributed by atoms with van der Waals surface area (Å²) in [5.74, 6) is -0.537. The van der Waals surface area contributed by atoms with Crippen molar-refractivity contribution in [3.05, 3.63) is 73.5 Å². The maximum absolute atomic E-state index is 12.1. The SMILES string of the molecule is O=C(OCc1nc(-c2cccc(Br)c2)no1)c1cc(Cl)ccc1[N+](=O)[O-]. The molecule has 0 atom stereocenters. The second-order valence-electron chi connectivity index (χ2n) is 5.02. The molecule has 3 rings (SSSR count). The van der Waals surface area contributed by atoms with E-state index in [1.54, 1.807) is 12.1 Å². The first kappa shape index (κ1) is 18.0. The number of hydrogen-bond donors (Lipinski definition) is 0. The standard InChI is InChI=1S/C16H9BrClN3O5/c17-10-3-1-2-9(6-10)15-19-14(26-20-15)8-25-16(22)12-7-11(18)4-5-13(12)21(23)24/h1-7H,8H2. The molecule has 1 aromatic heterocycles. The largest absolute Gasteiger partial charge is 0.452 e. The zero-order valence-corrected chi connectivity index (χ0v) is 15.2. The quantitative estimate of drug-likeness (QED) is 0.329. The molecule has 0 amide bonds. The van der Waals surface area contributed by atoms with Gasteiger partial charge in [0.25, 0.3) is 11.6 Å². The molecule has 0 fully saturated rings. The van der Waals surface area contributed by atoms with Crippen molar-refractivity contribution in [1.29, 1.82) is 0 Å². The Morgan fingerprint density at radius 2 is 2.12 bits per heavy atom. The molecule has 0 bridgehead atoms. The van der Waals surface area contributed by atoms with Crippen LogP contribution in [-0.2, 0) is 11.3 Å². The summed E-state index contributed by atoms with van der Waals surface area (Å²) in [4.78, 5) is 26.6. The van der Waals surface area contributed by atoms with Crippen molar-refractivity contribution in [2.45, 2.75) is 6.61 Å². The van der Waals surface area contributed by atoms with E-state index in [0.29, 0.717) is 11.4 Å². The number of carbonyl (C=O) groups excluding carboxylic acids is 1. The minimum atomic E-state index is -0.915. The van der Waals surface area contributed by atoms with Gasteiger partial charge in [-0.05, 0) is 24.3 Å². The first-order chi connectivity index (χ1) is 12.4. The first-order valence-corrected chi connectivity index (χ1v) is 8.31. The lowest BCUT2D eigenvalue weighted by Crippen LogP contribution is -2.08. The van der Waals surface area contributed by atoms with Crippen LogP contribution >= 0.6 is 27.5 Å². The Bertz CT molecular complexity index is 992. The molecule has 132 valence electrons. The van der Waals surface area contributed by atoms with E-state index in [9.17, 15) is 14.9 Å². The first-order valence-electron chi connectivity index (χ1n) is 7.13. The van der Waals surface area contributed by atoms with Crippen LogP contribution in [0, 0.1) is 10.1 Å². The molecule has 0 spiro atoms. The molecule has 8 nitrogen and oxygen atoms in total. The van der Waals surface area contributed by atoms with Gasteiger partial charge in [0.15, 0.2) is 6.61 Å². The van der Waals surface area contributed by atoms with Gasteiger partial charge in [0.1, 0.15) is 5.56 Å². The van der Waals surface area contributed by atoms with Gasteiger partial charge in [-0.25, -0.2) is 4.79 Å². The fourth-order valence-electron chi connectivity index (χ4n) is 2.09. The van der Waals surface area contributed by atoms with E-state index < -0.39 is 16.6 Å². The second kappa shape index (κ2) is 7.63.